The van der Waals surface area contributed by atoms with Crippen LogP contribution in [0, 0.1) is 17.1 Å². The Morgan fingerprint density at radius 3 is 2.62 bits per heavy atom. The largest absolute Gasteiger partial charge is 0.366 e. The molecular weight excluding hydrogens is 271 g/mol. The Kier molecular flexibility index (Phi) is 2.88. The van der Waals surface area contributed by atoms with Crippen LogP contribution in [0.25, 0.3) is 16.6 Å². The number of nitriles is 1. The maximum Gasteiger partial charge on any atom is 0.251 e. The molecular formula is C15H9FN4O. The first-order chi connectivity index (χ1) is 10.1. The Hall–Kier alpha value is -3.20. The third kappa shape index (κ3) is 2.21. The summed E-state index contributed by atoms with van der Waals surface area (Å²) in [5.74, 6) is -1.28. The normalized spacial score (nSPS) is 10.5. The molecule has 0 unspecified atom stereocenters. The molecule has 0 aliphatic rings. The van der Waals surface area contributed by atoms with Gasteiger partial charge < -0.3 is 5.73 Å². The standard InChI is InChI=1S/C15H9FN4O/c16-11-5-10-8-20(12-3-1-9(7-17)2-4-12)19-14(10)13(6-11)15(18)21/h1-6,8H,(H2,18,21). The zero-order valence-corrected chi connectivity index (χ0v) is 10.7. The molecule has 5 nitrogen and oxygen atoms in total. The average molecular weight is 280 g/mol. The van der Waals surface area contributed by atoms with E-state index < -0.39 is 11.7 Å². The number of aromatic nitrogens is 2. The van der Waals surface area contributed by atoms with Crippen LogP contribution >= 0.6 is 0 Å². The molecule has 0 aliphatic heterocycles. The molecule has 21 heavy (non-hydrogen) atoms. The van der Waals surface area contributed by atoms with Crippen LogP contribution in [0.4, 0.5) is 4.39 Å². The predicted molar refractivity (Wildman–Crippen MR) is 74.3 cm³/mol. The number of benzene rings is 2. The van der Waals surface area contributed by atoms with Crippen molar-refractivity contribution in [3.05, 3.63) is 59.5 Å². The van der Waals surface area contributed by atoms with E-state index in [0.717, 1.165) is 6.07 Å². The van der Waals surface area contributed by atoms with Gasteiger partial charge in [0, 0.05) is 11.6 Å². The van der Waals surface area contributed by atoms with Gasteiger partial charge >= 0.3 is 0 Å². The van der Waals surface area contributed by atoms with Gasteiger partial charge in [0.15, 0.2) is 0 Å². The highest BCUT2D eigenvalue weighted by Crippen LogP contribution is 2.21. The van der Waals surface area contributed by atoms with E-state index in [0.29, 0.717) is 22.2 Å². The maximum atomic E-state index is 13.5. The van der Waals surface area contributed by atoms with Gasteiger partial charge in [0.25, 0.3) is 5.91 Å². The summed E-state index contributed by atoms with van der Waals surface area (Å²) in [6.45, 7) is 0. The van der Waals surface area contributed by atoms with Crippen molar-refractivity contribution in [2.75, 3.05) is 0 Å². The van der Waals surface area contributed by atoms with Gasteiger partial charge in [0.1, 0.15) is 11.3 Å². The number of hydrogen-bond acceptors (Lipinski definition) is 3. The van der Waals surface area contributed by atoms with Crippen molar-refractivity contribution in [2.45, 2.75) is 0 Å². The molecule has 0 atom stereocenters. The van der Waals surface area contributed by atoms with Crippen molar-refractivity contribution in [3.8, 4) is 11.8 Å². The van der Waals surface area contributed by atoms with Gasteiger partial charge in [-0.15, -0.1) is 0 Å². The molecule has 3 aromatic rings. The number of carbonyl (C=O) groups excluding carboxylic acids is 1. The Balaban J connectivity index is 2.18. The third-order valence-corrected chi connectivity index (χ3v) is 3.10. The second kappa shape index (κ2) is 4.72. The minimum absolute atomic E-state index is 0.0393. The van der Waals surface area contributed by atoms with Crippen molar-refractivity contribution >= 4 is 16.8 Å². The zero-order valence-electron chi connectivity index (χ0n) is 10.7. The summed E-state index contributed by atoms with van der Waals surface area (Å²) in [7, 11) is 0. The minimum Gasteiger partial charge on any atom is -0.366 e. The van der Waals surface area contributed by atoms with Gasteiger partial charge in [-0.1, -0.05) is 0 Å². The summed E-state index contributed by atoms with van der Waals surface area (Å²) in [4.78, 5) is 11.4. The lowest BCUT2D eigenvalue weighted by Gasteiger charge is -2.00. The number of carbonyl (C=O) groups is 1. The van der Waals surface area contributed by atoms with Gasteiger partial charge in [-0.3, -0.25) is 4.79 Å². The van der Waals surface area contributed by atoms with E-state index in [4.69, 9.17) is 11.0 Å². The van der Waals surface area contributed by atoms with Crippen LogP contribution in [0.2, 0.25) is 0 Å². The molecule has 0 spiro atoms. The van der Waals surface area contributed by atoms with Crippen molar-refractivity contribution in [1.82, 2.24) is 9.78 Å². The van der Waals surface area contributed by atoms with Gasteiger partial charge in [-0.25, -0.2) is 9.07 Å². The Morgan fingerprint density at radius 2 is 2.00 bits per heavy atom. The summed E-state index contributed by atoms with van der Waals surface area (Å²) in [5, 5.41) is 13.5. The van der Waals surface area contributed by atoms with Crippen molar-refractivity contribution in [2.24, 2.45) is 5.73 Å². The van der Waals surface area contributed by atoms with Crippen LogP contribution in [0.3, 0.4) is 0 Å². The predicted octanol–water partition coefficient (Wildman–Crippen LogP) is 2.14. The molecule has 1 heterocycles. The van der Waals surface area contributed by atoms with Gasteiger partial charge in [0.05, 0.1) is 22.9 Å². The Bertz CT molecular complexity index is 890. The molecule has 0 saturated carbocycles. The van der Waals surface area contributed by atoms with E-state index >= 15 is 0 Å². The number of primary amides is 1. The average Bonchev–Trinajstić information content (AvgIpc) is 2.90. The molecule has 6 heteroatoms. The lowest BCUT2D eigenvalue weighted by Crippen LogP contribution is -2.12. The second-order valence-corrected chi connectivity index (χ2v) is 4.49. The smallest absolute Gasteiger partial charge is 0.251 e. The minimum atomic E-state index is -0.732. The summed E-state index contributed by atoms with van der Waals surface area (Å²) < 4.78 is 15.0. The van der Waals surface area contributed by atoms with Crippen LogP contribution < -0.4 is 5.73 Å². The Labute approximate surface area is 119 Å². The van der Waals surface area contributed by atoms with Crippen molar-refractivity contribution in [1.29, 1.82) is 5.26 Å². The summed E-state index contributed by atoms with van der Waals surface area (Å²) in [6, 6.07) is 11.1. The van der Waals surface area contributed by atoms with Crippen LogP contribution in [0.5, 0.6) is 0 Å². The number of fused-ring (bicyclic) bond motifs is 1. The maximum absolute atomic E-state index is 13.5. The molecule has 0 radical (unpaired) electrons. The lowest BCUT2D eigenvalue weighted by molar-refractivity contribution is 0.100. The summed E-state index contributed by atoms with van der Waals surface area (Å²) in [5.41, 5.74) is 6.85. The van der Waals surface area contributed by atoms with E-state index in [1.165, 1.54) is 10.7 Å². The molecule has 0 fully saturated rings. The molecule has 2 aromatic carbocycles. The quantitative estimate of drug-likeness (QED) is 0.780. The highest BCUT2D eigenvalue weighted by atomic mass is 19.1. The van der Waals surface area contributed by atoms with E-state index in [1.807, 2.05) is 6.07 Å². The van der Waals surface area contributed by atoms with Gasteiger partial charge in [0.2, 0.25) is 0 Å². The zero-order chi connectivity index (χ0) is 15.0. The molecule has 1 aromatic heterocycles. The third-order valence-electron chi connectivity index (χ3n) is 3.10. The SMILES string of the molecule is N#Cc1ccc(-n2cc3cc(F)cc(C(N)=O)c3n2)cc1. The van der Waals surface area contributed by atoms with Crippen molar-refractivity contribution < 1.29 is 9.18 Å². The lowest BCUT2D eigenvalue weighted by atomic mass is 10.1. The molecule has 102 valence electrons. The summed E-state index contributed by atoms with van der Waals surface area (Å²) >= 11 is 0. The number of rotatable bonds is 2. The number of amides is 1. The first-order valence-electron chi connectivity index (χ1n) is 6.08. The van der Waals surface area contributed by atoms with E-state index in [-0.39, 0.29) is 5.56 Å². The van der Waals surface area contributed by atoms with Gasteiger partial charge in [-0.05, 0) is 36.4 Å². The van der Waals surface area contributed by atoms with Gasteiger partial charge in [-0.2, -0.15) is 10.4 Å². The van der Waals surface area contributed by atoms with E-state index in [1.54, 1.807) is 30.5 Å². The van der Waals surface area contributed by atoms with Crippen molar-refractivity contribution in [3.63, 3.8) is 0 Å². The number of hydrogen-bond donors (Lipinski definition) is 1. The highest BCUT2D eigenvalue weighted by Gasteiger charge is 2.13. The van der Waals surface area contributed by atoms with E-state index in [2.05, 4.69) is 5.10 Å². The fourth-order valence-corrected chi connectivity index (χ4v) is 2.11. The summed E-state index contributed by atoms with van der Waals surface area (Å²) in [6.07, 6.45) is 1.60. The highest BCUT2D eigenvalue weighted by molar-refractivity contribution is 6.04. The van der Waals surface area contributed by atoms with Crippen LogP contribution in [-0.2, 0) is 0 Å². The fourth-order valence-electron chi connectivity index (χ4n) is 2.11. The topological polar surface area (TPSA) is 84.7 Å². The van der Waals surface area contributed by atoms with Crippen LogP contribution in [0.1, 0.15) is 15.9 Å². The molecule has 2 N–H and O–H groups in total. The molecule has 1 amide bonds. The molecule has 3 rings (SSSR count). The monoisotopic (exact) mass is 280 g/mol. The van der Waals surface area contributed by atoms with Crippen LogP contribution in [-0.4, -0.2) is 15.7 Å². The first-order valence-corrected chi connectivity index (χ1v) is 6.08. The fraction of sp³-hybridized carbons (Fsp3) is 0. The second-order valence-electron chi connectivity index (χ2n) is 4.49. The number of halogens is 1. The molecule has 0 bridgehead atoms. The first kappa shape index (κ1) is 12.8. The van der Waals surface area contributed by atoms with E-state index in [9.17, 15) is 9.18 Å². The Morgan fingerprint density at radius 1 is 1.29 bits per heavy atom. The molecule has 0 aliphatic carbocycles. The molecule has 0 saturated heterocycles. The number of nitrogens with zero attached hydrogens (tertiary/aromatic N) is 3. The number of nitrogens with two attached hydrogens (primary N) is 1. The van der Waals surface area contributed by atoms with Crippen LogP contribution in [0.15, 0.2) is 42.6 Å².